The largest absolute Gasteiger partial charge is 0.376 e. The molecule has 1 aromatic heterocycles. The van der Waals surface area contributed by atoms with Gasteiger partial charge in [-0.2, -0.15) is 0 Å². The van der Waals surface area contributed by atoms with Crippen molar-refractivity contribution >= 4 is 11.7 Å². The molecule has 4 rings (SSSR count). The zero-order valence-electron chi connectivity index (χ0n) is 15.9. The minimum absolute atomic E-state index is 0.0850. The van der Waals surface area contributed by atoms with Crippen LogP contribution < -0.4 is 10.2 Å². The van der Waals surface area contributed by atoms with Crippen LogP contribution in [0.2, 0.25) is 0 Å². The van der Waals surface area contributed by atoms with E-state index in [9.17, 15) is 9.18 Å². The van der Waals surface area contributed by atoms with E-state index in [1.807, 2.05) is 0 Å². The summed E-state index contributed by atoms with van der Waals surface area (Å²) in [6.07, 6.45) is 7.02. The number of nitrogens with one attached hydrogen (secondary N) is 1. The van der Waals surface area contributed by atoms with Gasteiger partial charge in [-0.1, -0.05) is 0 Å². The van der Waals surface area contributed by atoms with Crippen LogP contribution in [-0.4, -0.2) is 48.2 Å². The molecule has 1 N–H and O–H groups in total. The maximum Gasteiger partial charge on any atom is 0.256 e. The van der Waals surface area contributed by atoms with Crippen molar-refractivity contribution < 1.29 is 13.9 Å². The van der Waals surface area contributed by atoms with E-state index in [1.54, 1.807) is 18.3 Å². The summed E-state index contributed by atoms with van der Waals surface area (Å²) in [4.78, 5) is 24.1. The Labute approximate surface area is 164 Å². The molecular formula is C21H25FN4O2. The molecule has 1 aromatic carbocycles. The molecule has 148 valence electrons. The Balaban J connectivity index is 1.60. The highest BCUT2D eigenvalue weighted by Crippen LogP contribution is 2.25. The number of aromatic nitrogens is 2. The average Bonchev–Trinajstić information content (AvgIpc) is 3.26. The third-order valence-corrected chi connectivity index (χ3v) is 5.29. The van der Waals surface area contributed by atoms with E-state index >= 15 is 0 Å². The summed E-state index contributed by atoms with van der Waals surface area (Å²) >= 11 is 0. The molecule has 0 saturated carbocycles. The number of hydrogen-bond donors (Lipinski definition) is 1. The second-order valence-electron chi connectivity index (χ2n) is 7.33. The molecule has 28 heavy (non-hydrogen) atoms. The molecule has 0 unspecified atom stereocenters. The Morgan fingerprint density at radius 3 is 2.68 bits per heavy atom. The van der Waals surface area contributed by atoms with Crippen LogP contribution >= 0.6 is 0 Å². The monoisotopic (exact) mass is 384 g/mol. The molecule has 1 amide bonds. The smallest absolute Gasteiger partial charge is 0.256 e. The normalized spacial score (nSPS) is 19.6. The quantitative estimate of drug-likeness (QED) is 0.858. The SMILES string of the molecule is O=C(NC[C@@H]1CCCO1)c1cnc(-c2ccc(F)cc2)nc1N1CCCCC1. The van der Waals surface area contributed by atoms with Crippen LogP contribution in [0.3, 0.4) is 0 Å². The predicted molar refractivity (Wildman–Crippen MR) is 105 cm³/mol. The van der Waals surface area contributed by atoms with Crippen LogP contribution in [-0.2, 0) is 4.74 Å². The van der Waals surface area contributed by atoms with Crippen LogP contribution in [0.25, 0.3) is 11.4 Å². The summed E-state index contributed by atoms with van der Waals surface area (Å²) < 4.78 is 18.8. The molecule has 0 bridgehead atoms. The molecular weight excluding hydrogens is 359 g/mol. The van der Waals surface area contributed by atoms with E-state index in [2.05, 4.69) is 15.2 Å². The zero-order chi connectivity index (χ0) is 19.3. The predicted octanol–water partition coefficient (Wildman–Crippen LogP) is 3.18. The number of ether oxygens (including phenoxy) is 1. The Morgan fingerprint density at radius 1 is 1.18 bits per heavy atom. The Bertz CT molecular complexity index is 816. The van der Waals surface area contributed by atoms with Gasteiger partial charge in [-0.3, -0.25) is 4.79 Å². The number of piperidine rings is 1. The van der Waals surface area contributed by atoms with E-state index in [4.69, 9.17) is 9.72 Å². The van der Waals surface area contributed by atoms with Crippen molar-refractivity contribution in [2.45, 2.75) is 38.2 Å². The van der Waals surface area contributed by atoms with Crippen molar-refractivity contribution in [1.29, 1.82) is 0 Å². The van der Waals surface area contributed by atoms with Crippen molar-refractivity contribution in [1.82, 2.24) is 15.3 Å². The van der Waals surface area contributed by atoms with Crippen LogP contribution in [0.15, 0.2) is 30.5 Å². The highest BCUT2D eigenvalue weighted by molar-refractivity contribution is 5.99. The van der Waals surface area contributed by atoms with Gasteiger partial charge < -0.3 is 15.0 Å². The first kappa shape index (κ1) is 18.8. The summed E-state index contributed by atoms with van der Waals surface area (Å²) in [5.74, 6) is 0.668. The van der Waals surface area contributed by atoms with Crippen LogP contribution in [0, 0.1) is 5.82 Å². The number of halogens is 1. The summed E-state index contributed by atoms with van der Waals surface area (Å²) in [5.41, 5.74) is 1.21. The van der Waals surface area contributed by atoms with Gasteiger partial charge in [0.1, 0.15) is 17.2 Å². The number of benzene rings is 1. The third-order valence-electron chi connectivity index (χ3n) is 5.29. The summed E-state index contributed by atoms with van der Waals surface area (Å²) in [5, 5.41) is 2.97. The van der Waals surface area contributed by atoms with Gasteiger partial charge in [0, 0.05) is 38.0 Å². The van der Waals surface area contributed by atoms with Gasteiger partial charge in [-0.25, -0.2) is 14.4 Å². The second kappa shape index (κ2) is 8.65. The minimum atomic E-state index is -0.301. The minimum Gasteiger partial charge on any atom is -0.376 e. The Kier molecular flexibility index (Phi) is 5.81. The summed E-state index contributed by atoms with van der Waals surface area (Å²) in [6, 6.07) is 6.09. The first-order valence-corrected chi connectivity index (χ1v) is 9.98. The molecule has 2 saturated heterocycles. The highest BCUT2D eigenvalue weighted by atomic mass is 19.1. The van der Waals surface area contributed by atoms with Crippen LogP contribution in [0.5, 0.6) is 0 Å². The van der Waals surface area contributed by atoms with E-state index in [0.29, 0.717) is 23.8 Å². The van der Waals surface area contributed by atoms with Crippen molar-refractivity contribution in [3.63, 3.8) is 0 Å². The lowest BCUT2D eigenvalue weighted by atomic mass is 10.1. The fraction of sp³-hybridized carbons (Fsp3) is 0.476. The maximum atomic E-state index is 13.2. The van der Waals surface area contributed by atoms with Crippen molar-refractivity contribution in [2.75, 3.05) is 31.1 Å². The molecule has 1 atom stereocenters. The summed E-state index contributed by atoms with van der Waals surface area (Å²) in [7, 11) is 0. The first-order valence-electron chi connectivity index (χ1n) is 9.98. The maximum absolute atomic E-state index is 13.2. The summed E-state index contributed by atoms with van der Waals surface area (Å²) in [6.45, 7) is 2.99. The van der Waals surface area contributed by atoms with Crippen LogP contribution in [0.1, 0.15) is 42.5 Å². The number of carbonyl (C=O) groups excluding carboxylic acids is 1. The Hall–Kier alpha value is -2.54. The van der Waals surface area contributed by atoms with E-state index in [-0.39, 0.29) is 17.8 Å². The fourth-order valence-corrected chi connectivity index (χ4v) is 3.72. The Morgan fingerprint density at radius 2 is 1.96 bits per heavy atom. The first-order chi connectivity index (χ1) is 13.7. The molecule has 2 aromatic rings. The lowest BCUT2D eigenvalue weighted by Crippen LogP contribution is -2.36. The van der Waals surface area contributed by atoms with Gasteiger partial charge >= 0.3 is 0 Å². The molecule has 0 spiro atoms. The number of nitrogens with zero attached hydrogens (tertiary/aromatic N) is 3. The van der Waals surface area contributed by atoms with E-state index in [0.717, 1.165) is 50.9 Å². The van der Waals surface area contributed by atoms with Gasteiger partial charge in [0.25, 0.3) is 5.91 Å². The molecule has 2 fully saturated rings. The van der Waals surface area contributed by atoms with Gasteiger partial charge in [0.05, 0.1) is 6.10 Å². The average molecular weight is 384 g/mol. The topological polar surface area (TPSA) is 67.3 Å². The zero-order valence-corrected chi connectivity index (χ0v) is 15.9. The highest BCUT2D eigenvalue weighted by Gasteiger charge is 2.23. The van der Waals surface area contributed by atoms with Gasteiger partial charge in [0.15, 0.2) is 5.82 Å². The molecule has 7 heteroatoms. The number of carbonyl (C=O) groups is 1. The van der Waals surface area contributed by atoms with E-state index < -0.39 is 0 Å². The molecule has 2 aliphatic rings. The van der Waals surface area contributed by atoms with E-state index in [1.165, 1.54) is 18.6 Å². The van der Waals surface area contributed by atoms with Gasteiger partial charge in [-0.15, -0.1) is 0 Å². The molecule has 3 heterocycles. The number of anilines is 1. The van der Waals surface area contributed by atoms with Crippen molar-refractivity contribution in [3.8, 4) is 11.4 Å². The number of rotatable bonds is 5. The van der Waals surface area contributed by atoms with Crippen molar-refractivity contribution in [2.24, 2.45) is 0 Å². The van der Waals surface area contributed by atoms with Gasteiger partial charge in [-0.05, 0) is 56.4 Å². The fourth-order valence-electron chi connectivity index (χ4n) is 3.72. The van der Waals surface area contributed by atoms with Crippen molar-refractivity contribution in [3.05, 3.63) is 41.8 Å². The number of amides is 1. The lowest BCUT2D eigenvalue weighted by molar-refractivity contribution is 0.0857. The van der Waals surface area contributed by atoms with Crippen LogP contribution in [0.4, 0.5) is 10.2 Å². The second-order valence-corrected chi connectivity index (χ2v) is 7.33. The van der Waals surface area contributed by atoms with Gasteiger partial charge in [0.2, 0.25) is 0 Å². The molecule has 0 radical (unpaired) electrons. The molecule has 2 aliphatic heterocycles. The number of hydrogen-bond acceptors (Lipinski definition) is 5. The standard InChI is InChI=1S/C21H25FN4O2/c22-16-8-6-15(7-9-16)19-23-14-18(20(25-19)26-10-2-1-3-11-26)21(27)24-13-17-5-4-12-28-17/h6-9,14,17H,1-5,10-13H2,(H,24,27)/t17-/m0/s1. The third kappa shape index (κ3) is 4.30. The molecule has 6 nitrogen and oxygen atoms in total. The lowest BCUT2D eigenvalue weighted by Gasteiger charge is -2.29. The molecule has 0 aliphatic carbocycles.